The van der Waals surface area contributed by atoms with Crippen molar-refractivity contribution in [2.24, 2.45) is 5.73 Å². The van der Waals surface area contributed by atoms with Crippen molar-refractivity contribution in [1.82, 2.24) is 15.2 Å². The lowest BCUT2D eigenvalue weighted by molar-refractivity contribution is -0.130. The fourth-order valence-electron chi connectivity index (χ4n) is 2.18. The molecule has 0 saturated carbocycles. The molecule has 0 bridgehead atoms. The third-order valence-corrected chi connectivity index (χ3v) is 3.00. The van der Waals surface area contributed by atoms with Crippen LogP contribution in [-0.2, 0) is 11.3 Å². The van der Waals surface area contributed by atoms with Crippen LogP contribution >= 0.6 is 0 Å². The molecule has 2 unspecified atom stereocenters. The number of amides is 1. The minimum absolute atomic E-state index is 0.0281. The molecule has 0 aromatic carbocycles. The van der Waals surface area contributed by atoms with Crippen LogP contribution in [0.1, 0.15) is 12.5 Å². The molecule has 1 fully saturated rings. The zero-order chi connectivity index (χ0) is 12.3. The van der Waals surface area contributed by atoms with Crippen molar-refractivity contribution in [1.29, 1.82) is 0 Å². The number of pyridine rings is 1. The molecule has 1 aliphatic heterocycles. The number of hydrogen-bond acceptors (Lipinski definition) is 4. The second kappa shape index (κ2) is 5.25. The number of nitrogens with one attached hydrogen (secondary N) is 1. The molecule has 0 spiro atoms. The number of rotatable bonds is 3. The van der Waals surface area contributed by atoms with Gasteiger partial charge in [-0.2, -0.15) is 0 Å². The molecule has 17 heavy (non-hydrogen) atoms. The lowest BCUT2D eigenvalue weighted by Crippen LogP contribution is -2.61. The molecule has 5 heteroatoms. The third-order valence-electron chi connectivity index (χ3n) is 3.00. The summed E-state index contributed by atoms with van der Waals surface area (Å²) in [6, 6.07) is 3.88. The van der Waals surface area contributed by atoms with Crippen LogP contribution in [0.15, 0.2) is 24.5 Å². The first kappa shape index (κ1) is 12.0. The molecule has 5 nitrogen and oxygen atoms in total. The van der Waals surface area contributed by atoms with Gasteiger partial charge in [-0.15, -0.1) is 0 Å². The Morgan fingerprint density at radius 2 is 2.24 bits per heavy atom. The summed E-state index contributed by atoms with van der Waals surface area (Å²) in [5.41, 5.74) is 6.82. The first-order chi connectivity index (χ1) is 8.20. The Morgan fingerprint density at radius 3 is 2.88 bits per heavy atom. The quantitative estimate of drug-likeness (QED) is 0.755. The minimum atomic E-state index is -0.223. The zero-order valence-corrected chi connectivity index (χ0v) is 9.97. The number of carbonyl (C=O) groups excluding carboxylic acids is 1. The number of nitrogens with two attached hydrogens (primary N) is 1. The summed E-state index contributed by atoms with van der Waals surface area (Å²) in [6.07, 6.45) is 3.53. The summed E-state index contributed by atoms with van der Waals surface area (Å²) < 4.78 is 0. The van der Waals surface area contributed by atoms with Gasteiger partial charge in [-0.1, -0.05) is 0 Å². The molecule has 2 heterocycles. The van der Waals surface area contributed by atoms with Gasteiger partial charge < -0.3 is 11.1 Å². The van der Waals surface area contributed by atoms with Crippen molar-refractivity contribution >= 4 is 5.91 Å². The molecule has 1 aliphatic rings. The molecule has 2 atom stereocenters. The maximum Gasteiger partial charge on any atom is 0.238 e. The van der Waals surface area contributed by atoms with Crippen molar-refractivity contribution in [3.05, 3.63) is 30.1 Å². The van der Waals surface area contributed by atoms with Gasteiger partial charge >= 0.3 is 0 Å². The fraction of sp³-hybridized carbons (Fsp3) is 0.500. The first-order valence-electron chi connectivity index (χ1n) is 5.84. The normalized spacial score (nSPS) is 25.6. The van der Waals surface area contributed by atoms with Crippen LogP contribution in [0.4, 0.5) is 0 Å². The second-order valence-corrected chi connectivity index (χ2v) is 4.45. The SMILES string of the molecule is CC1CN(Cc2ccncc2)C(CN)C(=O)N1. The van der Waals surface area contributed by atoms with Crippen LogP contribution in [0.2, 0.25) is 0 Å². The number of piperazine rings is 1. The van der Waals surface area contributed by atoms with Crippen LogP contribution in [0, 0.1) is 0 Å². The fourth-order valence-corrected chi connectivity index (χ4v) is 2.18. The molecule has 1 saturated heterocycles. The predicted octanol–water partition coefficient (Wildman–Crippen LogP) is -0.271. The highest BCUT2D eigenvalue weighted by Crippen LogP contribution is 2.12. The lowest BCUT2D eigenvalue weighted by Gasteiger charge is -2.37. The van der Waals surface area contributed by atoms with E-state index < -0.39 is 0 Å². The van der Waals surface area contributed by atoms with Gasteiger partial charge in [0.1, 0.15) is 6.04 Å². The second-order valence-electron chi connectivity index (χ2n) is 4.45. The Hall–Kier alpha value is -1.46. The van der Waals surface area contributed by atoms with E-state index in [2.05, 4.69) is 15.2 Å². The molecule has 0 aliphatic carbocycles. The van der Waals surface area contributed by atoms with E-state index in [9.17, 15) is 4.79 Å². The molecule has 3 N–H and O–H groups in total. The summed E-state index contributed by atoms with van der Waals surface area (Å²) in [7, 11) is 0. The van der Waals surface area contributed by atoms with E-state index in [1.54, 1.807) is 12.4 Å². The van der Waals surface area contributed by atoms with Gasteiger partial charge in [0, 0.05) is 38.1 Å². The van der Waals surface area contributed by atoms with Crippen molar-refractivity contribution in [2.45, 2.75) is 25.6 Å². The highest BCUT2D eigenvalue weighted by atomic mass is 16.2. The molecule has 92 valence electrons. The first-order valence-corrected chi connectivity index (χ1v) is 5.84. The van der Waals surface area contributed by atoms with Gasteiger partial charge in [-0.3, -0.25) is 14.7 Å². The topological polar surface area (TPSA) is 71.2 Å². The summed E-state index contributed by atoms with van der Waals surface area (Å²) in [6.45, 7) is 3.92. The maximum absolute atomic E-state index is 11.8. The van der Waals surface area contributed by atoms with Gasteiger partial charge in [0.15, 0.2) is 0 Å². The van der Waals surface area contributed by atoms with E-state index >= 15 is 0 Å². The van der Waals surface area contributed by atoms with Gasteiger partial charge in [0.05, 0.1) is 0 Å². The van der Waals surface area contributed by atoms with Gasteiger partial charge in [-0.25, -0.2) is 0 Å². The number of carbonyl (C=O) groups is 1. The van der Waals surface area contributed by atoms with Crippen LogP contribution in [0.5, 0.6) is 0 Å². The maximum atomic E-state index is 11.8. The van der Waals surface area contributed by atoms with Crippen LogP contribution in [0.3, 0.4) is 0 Å². The third kappa shape index (κ3) is 2.81. The number of nitrogens with zero attached hydrogens (tertiary/aromatic N) is 2. The summed E-state index contributed by atoms with van der Waals surface area (Å²) >= 11 is 0. The van der Waals surface area contributed by atoms with E-state index in [4.69, 9.17) is 5.73 Å². The van der Waals surface area contributed by atoms with Crippen LogP contribution in [-0.4, -0.2) is 41.0 Å². The average molecular weight is 234 g/mol. The monoisotopic (exact) mass is 234 g/mol. The largest absolute Gasteiger partial charge is 0.351 e. The van der Waals surface area contributed by atoms with Crippen LogP contribution < -0.4 is 11.1 Å². The van der Waals surface area contributed by atoms with Crippen molar-refractivity contribution in [3.63, 3.8) is 0 Å². The zero-order valence-electron chi connectivity index (χ0n) is 9.97. The van der Waals surface area contributed by atoms with Gasteiger partial charge in [0.25, 0.3) is 0 Å². The predicted molar refractivity (Wildman–Crippen MR) is 65.1 cm³/mol. The molecule has 1 aromatic heterocycles. The van der Waals surface area contributed by atoms with Gasteiger partial charge in [-0.05, 0) is 24.6 Å². The summed E-state index contributed by atoms with van der Waals surface area (Å²) in [5, 5.41) is 2.92. The van der Waals surface area contributed by atoms with Crippen LogP contribution in [0.25, 0.3) is 0 Å². The Bertz CT molecular complexity index is 381. The number of aromatic nitrogens is 1. The summed E-state index contributed by atoms with van der Waals surface area (Å²) in [4.78, 5) is 17.9. The number of hydrogen-bond donors (Lipinski definition) is 2. The Kier molecular flexibility index (Phi) is 3.71. The molecule has 1 aromatic rings. The lowest BCUT2D eigenvalue weighted by atomic mass is 10.1. The molecule has 0 radical (unpaired) electrons. The van der Waals surface area contributed by atoms with E-state index in [1.165, 1.54) is 0 Å². The Morgan fingerprint density at radius 1 is 1.53 bits per heavy atom. The Labute approximate surface area is 101 Å². The van der Waals surface area contributed by atoms with E-state index in [-0.39, 0.29) is 18.0 Å². The molecule has 2 rings (SSSR count). The molecule has 1 amide bonds. The molecular weight excluding hydrogens is 216 g/mol. The minimum Gasteiger partial charge on any atom is -0.351 e. The standard InChI is InChI=1S/C12H18N4O/c1-9-7-16(11(6-13)12(17)15-9)8-10-2-4-14-5-3-10/h2-5,9,11H,6-8,13H2,1H3,(H,15,17). The molecular formula is C12H18N4O. The van der Waals surface area contributed by atoms with E-state index in [0.29, 0.717) is 6.54 Å². The van der Waals surface area contributed by atoms with Crippen molar-refractivity contribution < 1.29 is 4.79 Å². The highest BCUT2D eigenvalue weighted by molar-refractivity contribution is 5.83. The van der Waals surface area contributed by atoms with Crippen molar-refractivity contribution in [2.75, 3.05) is 13.1 Å². The van der Waals surface area contributed by atoms with E-state index in [0.717, 1.165) is 18.7 Å². The Balaban J connectivity index is 2.09. The average Bonchev–Trinajstić information content (AvgIpc) is 2.30. The van der Waals surface area contributed by atoms with E-state index in [1.807, 2.05) is 19.1 Å². The smallest absolute Gasteiger partial charge is 0.238 e. The highest BCUT2D eigenvalue weighted by Gasteiger charge is 2.31. The van der Waals surface area contributed by atoms with Crippen molar-refractivity contribution in [3.8, 4) is 0 Å². The summed E-state index contributed by atoms with van der Waals surface area (Å²) in [5.74, 6) is 0.0281. The van der Waals surface area contributed by atoms with Gasteiger partial charge in [0.2, 0.25) is 5.91 Å².